The summed E-state index contributed by atoms with van der Waals surface area (Å²) in [4.78, 5) is 4.31. The van der Waals surface area contributed by atoms with Gasteiger partial charge < -0.3 is 10.3 Å². The van der Waals surface area contributed by atoms with Gasteiger partial charge in [-0.3, -0.25) is 0 Å². The van der Waals surface area contributed by atoms with Gasteiger partial charge in [0.1, 0.15) is 0 Å². The van der Waals surface area contributed by atoms with E-state index in [1.165, 1.54) is 5.56 Å². The van der Waals surface area contributed by atoms with Gasteiger partial charge in [0.15, 0.2) is 5.82 Å². The van der Waals surface area contributed by atoms with Crippen molar-refractivity contribution >= 4 is 0 Å². The molecule has 1 aromatic carbocycles. The molecule has 2 aromatic rings. The second kappa shape index (κ2) is 6.31. The van der Waals surface area contributed by atoms with E-state index in [9.17, 15) is 0 Å². The summed E-state index contributed by atoms with van der Waals surface area (Å²) in [6.07, 6.45) is 3.66. The number of hydrogen-bond donors (Lipinski definition) is 1. The van der Waals surface area contributed by atoms with Gasteiger partial charge in [-0.1, -0.05) is 42.4 Å². The first-order valence-corrected chi connectivity index (χ1v) is 6.41. The van der Waals surface area contributed by atoms with Crippen LogP contribution in [0.2, 0.25) is 0 Å². The van der Waals surface area contributed by atoms with E-state index in [1.54, 1.807) is 0 Å². The van der Waals surface area contributed by atoms with Gasteiger partial charge in [-0.05, 0) is 24.8 Å². The van der Waals surface area contributed by atoms with Crippen LogP contribution in [0.5, 0.6) is 0 Å². The van der Waals surface area contributed by atoms with Crippen molar-refractivity contribution in [3.05, 3.63) is 47.6 Å². The second-order valence-corrected chi connectivity index (χ2v) is 4.40. The SMILES string of the molecule is CCC(N)c1noc(CCCc2ccccc2)n1. The molecule has 0 saturated carbocycles. The number of nitrogens with zero attached hydrogens (tertiary/aromatic N) is 2. The van der Waals surface area contributed by atoms with Crippen molar-refractivity contribution in [1.82, 2.24) is 10.1 Å². The quantitative estimate of drug-likeness (QED) is 0.849. The largest absolute Gasteiger partial charge is 0.339 e. The molecular weight excluding hydrogens is 226 g/mol. The van der Waals surface area contributed by atoms with Crippen molar-refractivity contribution in [1.29, 1.82) is 0 Å². The van der Waals surface area contributed by atoms with Crippen molar-refractivity contribution < 1.29 is 4.52 Å². The van der Waals surface area contributed by atoms with Crippen LogP contribution in [0, 0.1) is 0 Å². The Labute approximate surface area is 107 Å². The summed E-state index contributed by atoms with van der Waals surface area (Å²) >= 11 is 0. The molecule has 1 aromatic heterocycles. The predicted octanol–water partition coefficient (Wildman–Crippen LogP) is 2.65. The molecule has 0 radical (unpaired) electrons. The fourth-order valence-electron chi connectivity index (χ4n) is 1.79. The Morgan fingerprint density at radius 3 is 2.72 bits per heavy atom. The number of aromatic nitrogens is 2. The van der Waals surface area contributed by atoms with Crippen LogP contribution in [-0.4, -0.2) is 10.1 Å². The molecule has 0 spiro atoms. The van der Waals surface area contributed by atoms with Crippen LogP contribution >= 0.6 is 0 Å². The first-order valence-electron chi connectivity index (χ1n) is 6.41. The summed E-state index contributed by atoms with van der Waals surface area (Å²) in [5.41, 5.74) is 7.18. The highest BCUT2D eigenvalue weighted by Crippen LogP contribution is 2.11. The smallest absolute Gasteiger partial charge is 0.226 e. The molecular formula is C14H19N3O. The summed E-state index contributed by atoms with van der Waals surface area (Å²) in [6.45, 7) is 2.01. The van der Waals surface area contributed by atoms with Crippen molar-refractivity contribution in [3.63, 3.8) is 0 Å². The zero-order chi connectivity index (χ0) is 12.8. The molecule has 1 heterocycles. The highest BCUT2D eigenvalue weighted by Gasteiger charge is 2.11. The molecule has 0 aliphatic carbocycles. The summed E-state index contributed by atoms with van der Waals surface area (Å²) in [7, 11) is 0. The number of benzene rings is 1. The molecule has 1 atom stereocenters. The lowest BCUT2D eigenvalue weighted by Gasteiger charge is -1.99. The van der Waals surface area contributed by atoms with E-state index in [2.05, 4.69) is 34.4 Å². The molecule has 2 N–H and O–H groups in total. The number of hydrogen-bond acceptors (Lipinski definition) is 4. The van der Waals surface area contributed by atoms with E-state index in [0.29, 0.717) is 11.7 Å². The molecule has 0 amide bonds. The molecule has 0 saturated heterocycles. The molecule has 1 unspecified atom stereocenters. The Kier molecular flexibility index (Phi) is 4.47. The first-order chi connectivity index (χ1) is 8.79. The minimum atomic E-state index is -0.114. The lowest BCUT2D eigenvalue weighted by atomic mass is 10.1. The Morgan fingerprint density at radius 2 is 2.00 bits per heavy atom. The van der Waals surface area contributed by atoms with Gasteiger partial charge in [0.25, 0.3) is 0 Å². The average molecular weight is 245 g/mol. The lowest BCUT2D eigenvalue weighted by Crippen LogP contribution is -2.10. The van der Waals surface area contributed by atoms with E-state index in [0.717, 1.165) is 25.7 Å². The molecule has 4 nitrogen and oxygen atoms in total. The standard InChI is InChI=1S/C14H19N3O/c1-2-12(15)14-16-13(18-17-14)10-6-9-11-7-4-3-5-8-11/h3-5,7-8,12H,2,6,9-10,15H2,1H3. The Morgan fingerprint density at radius 1 is 1.22 bits per heavy atom. The van der Waals surface area contributed by atoms with Crippen LogP contribution < -0.4 is 5.73 Å². The van der Waals surface area contributed by atoms with Crippen LogP contribution in [0.4, 0.5) is 0 Å². The number of rotatable bonds is 6. The van der Waals surface area contributed by atoms with Gasteiger partial charge in [0.05, 0.1) is 6.04 Å². The third-order valence-corrected chi connectivity index (χ3v) is 2.95. The Bertz CT molecular complexity index is 467. The molecule has 18 heavy (non-hydrogen) atoms. The van der Waals surface area contributed by atoms with E-state index in [4.69, 9.17) is 10.3 Å². The highest BCUT2D eigenvalue weighted by atomic mass is 16.5. The van der Waals surface area contributed by atoms with Crippen molar-refractivity contribution in [2.24, 2.45) is 5.73 Å². The van der Waals surface area contributed by atoms with Gasteiger partial charge in [0, 0.05) is 6.42 Å². The average Bonchev–Trinajstić information content (AvgIpc) is 2.88. The van der Waals surface area contributed by atoms with Crippen LogP contribution in [0.1, 0.15) is 43.1 Å². The van der Waals surface area contributed by atoms with Crippen molar-refractivity contribution in [2.45, 2.75) is 38.6 Å². The number of nitrogens with two attached hydrogens (primary N) is 1. The van der Waals surface area contributed by atoms with Crippen LogP contribution in [0.15, 0.2) is 34.9 Å². The fraction of sp³-hybridized carbons (Fsp3) is 0.429. The zero-order valence-electron chi connectivity index (χ0n) is 10.7. The minimum absolute atomic E-state index is 0.114. The molecule has 0 aliphatic rings. The van der Waals surface area contributed by atoms with Gasteiger partial charge in [-0.15, -0.1) is 0 Å². The van der Waals surface area contributed by atoms with E-state index in [1.807, 2.05) is 13.0 Å². The minimum Gasteiger partial charge on any atom is -0.339 e. The van der Waals surface area contributed by atoms with Crippen LogP contribution in [-0.2, 0) is 12.8 Å². The summed E-state index contributed by atoms with van der Waals surface area (Å²) in [5, 5.41) is 3.90. The van der Waals surface area contributed by atoms with E-state index < -0.39 is 0 Å². The fourth-order valence-corrected chi connectivity index (χ4v) is 1.79. The highest BCUT2D eigenvalue weighted by molar-refractivity contribution is 5.14. The van der Waals surface area contributed by atoms with E-state index in [-0.39, 0.29) is 6.04 Å². The Hall–Kier alpha value is -1.68. The van der Waals surface area contributed by atoms with Gasteiger partial charge in [-0.25, -0.2) is 0 Å². The zero-order valence-corrected chi connectivity index (χ0v) is 10.7. The van der Waals surface area contributed by atoms with Gasteiger partial charge in [0.2, 0.25) is 5.89 Å². The molecule has 0 fully saturated rings. The Balaban J connectivity index is 1.82. The van der Waals surface area contributed by atoms with Crippen molar-refractivity contribution in [3.8, 4) is 0 Å². The summed E-state index contributed by atoms with van der Waals surface area (Å²) in [5.74, 6) is 1.30. The predicted molar refractivity (Wildman–Crippen MR) is 70.0 cm³/mol. The van der Waals surface area contributed by atoms with Crippen LogP contribution in [0.3, 0.4) is 0 Å². The third-order valence-electron chi connectivity index (χ3n) is 2.95. The lowest BCUT2D eigenvalue weighted by molar-refractivity contribution is 0.367. The maximum atomic E-state index is 5.84. The summed E-state index contributed by atoms with van der Waals surface area (Å²) in [6, 6.07) is 10.3. The maximum absolute atomic E-state index is 5.84. The van der Waals surface area contributed by atoms with Crippen LogP contribution in [0.25, 0.3) is 0 Å². The van der Waals surface area contributed by atoms with Gasteiger partial charge >= 0.3 is 0 Å². The number of aryl methyl sites for hydroxylation is 2. The van der Waals surface area contributed by atoms with E-state index >= 15 is 0 Å². The second-order valence-electron chi connectivity index (χ2n) is 4.40. The normalized spacial score (nSPS) is 12.6. The monoisotopic (exact) mass is 245 g/mol. The topological polar surface area (TPSA) is 64.9 Å². The molecule has 4 heteroatoms. The molecule has 2 rings (SSSR count). The van der Waals surface area contributed by atoms with Crippen molar-refractivity contribution in [2.75, 3.05) is 0 Å². The van der Waals surface area contributed by atoms with Gasteiger partial charge in [-0.2, -0.15) is 4.98 Å². The first kappa shape index (κ1) is 12.8. The molecule has 96 valence electrons. The maximum Gasteiger partial charge on any atom is 0.226 e. The summed E-state index contributed by atoms with van der Waals surface area (Å²) < 4.78 is 5.18. The molecule has 0 aliphatic heterocycles. The molecule has 0 bridgehead atoms. The third kappa shape index (κ3) is 3.40.